The zero-order chi connectivity index (χ0) is 14.6. The lowest BCUT2D eigenvalue weighted by Crippen LogP contribution is -2.19. The van der Waals surface area contributed by atoms with E-state index < -0.39 is 7.14 Å². The molecule has 4 heteroatoms. The van der Waals surface area contributed by atoms with Crippen molar-refractivity contribution in [2.24, 2.45) is 0 Å². The first-order valence-electron chi connectivity index (χ1n) is 6.87. The molecular weight excluding hydrogens is 267 g/mol. The van der Waals surface area contributed by atoms with E-state index >= 15 is 0 Å². The molecule has 0 amide bonds. The number of anilines is 2. The predicted octanol–water partition coefficient (Wildman–Crippen LogP) is 2.97. The minimum absolute atomic E-state index is 0.642. The summed E-state index contributed by atoms with van der Waals surface area (Å²) in [6.07, 6.45) is 2.58. The number of nitrogen functional groups attached to an aromatic ring is 2. The number of hydrogen-bond donors (Lipinski definition) is 2. The number of benzene rings is 2. The van der Waals surface area contributed by atoms with Crippen molar-refractivity contribution in [3.05, 3.63) is 48.5 Å². The fraction of sp³-hybridized carbons (Fsp3) is 0.250. The monoisotopic (exact) mass is 288 g/mol. The Balaban J connectivity index is 2.53. The van der Waals surface area contributed by atoms with Crippen LogP contribution in [-0.2, 0) is 4.57 Å². The Morgan fingerprint density at radius 1 is 0.950 bits per heavy atom. The van der Waals surface area contributed by atoms with E-state index in [-0.39, 0.29) is 0 Å². The van der Waals surface area contributed by atoms with Gasteiger partial charge >= 0.3 is 0 Å². The number of rotatable bonds is 5. The standard InChI is InChI=1S/C16H21N2OP/c1-2-3-10-20(19,15-8-4-6-13(17)11-15)16-9-5-7-14(18)12-16/h4-9,11-12H,2-3,10,17-18H2,1H3. The van der Waals surface area contributed by atoms with E-state index in [1.807, 2.05) is 48.5 Å². The smallest absolute Gasteiger partial charge is 0.143 e. The van der Waals surface area contributed by atoms with Crippen molar-refractivity contribution < 1.29 is 4.57 Å². The molecule has 0 saturated heterocycles. The number of hydrogen-bond acceptors (Lipinski definition) is 3. The summed E-state index contributed by atoms with van der Waals surface area (Å²) in [7, 11) is -2.65. The molecule has 0 atom stereocenters. The Hall–Kier alpha value is -1.73. The third kappa shape index (κ3) is 3.05. The maximum atomic E-state index is 13.6. The molecule has 0 radical (unpaired) electrons. The molecule has 2 rings (SSSR count). The van der Waals surface area contributed by atoms with Gasteiger partial charge in [0.25, 0.3) is 0 Å². The summed E-state index contributed by atoms with van der Waals surface area (Å²) >= 11 is 0. The fourth-order valence-electron chi connectivity index (χ4n) is 2.29. The van der Waals surface area contributed by atoms with E-state index in [2.05, 4.69) is 6.92 Å². The van der Waals surface area contributed by atoms with Crippen LogP contribution in [0.15, 0.2) is 48.5 Å². The Labute approximate surface area is 120 Å². The van der Waals surface area contributed by atoms with E-state index in [0.29, 0.717) is 17.5 Å². The molecule has 4 N–H and O–H groups in total. The topological polar surface area (TPSA) is 69.1 Å². The first kappa shape index (κ1) is 14.7. The minimum Gasteiger partial charge on any atom is -0.399 e. The highest BCUT2D eigenvalue weighted by atomic mass is 31.2. The summed E-state index contributed by atoms with van der Waals surface area (Å²) in [5, 5.41) is 1.63. The van der Waals surface area contributed by atoms with E-state index in [1.165, 1.54) is 0 Å². The van der Waals surface area contributed by atoms with Gasteiger partial charge in [-0.25, -0.2) is 0 Å². The second kappa shape index (κ2) is 6.15. The maximum Gasteiger partial charge on any atom is 0.143 e. The normalized spacial score (nSPS) is 11.4. The van der Waals surface area contributed by atoms with Crippen LogP contribution in [0.5, 0.6) is 0 Å². The van der Waals surface area contributed by atoms with Crippen LogP contribution in [0.1, 0.15) is 19.8 Å². The van der Waals surface area contributed by atoms with Crippen LogP contribution in [0.4, 0.5) is 11.4 Å². The van der Waals surface area contributed by atoms with Crippen LogP contribution in [0.2, 0.25) is 0 Å². The highest BCUT2D eigenvalue weighted by molar-refractivity contribution is 7.78. The van der Waals surface area contributed by atoms with Crippen molar-refractivity contribution in [2.45, 2.75) is 19.8 Å². The Morgan fingerprint density at radius 3 is 1.85 bits per heavy atom. The molecule has 106 valence electrons. The molecule has 0 unspecified atom stereocenters. The van der Waals surface area contributed by atoms with Crippen LogP contribution < -0.4 is 22.1 Å². The van der Waals surface area contributed by atoms with Gasteiger partial charge in [-0.1, -0.05) is 37.6 Å². The molecule has 0 fully saturated rings. The van der Waals surface area contributed by atoms with Gasteiger partial charge in [0.2, 0.25) is 0 Å². The van der Waals surface area contributed by atoms with Gasteiger partial charge in [-0.05, 0) is 30.7 Å². The van der Waals surface area contributed by atoms with Crippen LogP contribution in [0.3, 0.4) is 0 Å². The summed E-state index contributed by atoms with van der Waals surface area (Å²) in [4.78, 5) is 0. The third-order valence-corrected chi connectivity index (χ3v) is 6.57. The summed E-state index contributed by atoms with van der Waals surface area (Å²) in [6, 6.07) is 14.8. The first-order chi connectivity index (χ1) is 9.56. The van der Waals surface area contributed by atoms with Gasteiger partial charge in [-0.3, -0.25) is 0 Å². The third-order valence-electron chi connectivity index (χ3n) is 3.40. The molecule has 0 saturated carbocycles. The lowest BCUT2D eigenvalue weighted by atomic mass is 10.3. The Bertz CT molecular complexity index is 590. The average Bonchev–Trinajstić information content (AvgIpc) is 2.45. The molecule has 0 heterocycles. The van der Waals surface area contributed by atoms with Crippen LogP contribution >= 0.6 is 7.14 Å². The summed E-state index contributed by atoms with van der Waals surface area (Å²) in [6.45, 7) is 2.10. The average molecular weight is 288 g/mol. The van der Waals surface area contributed by atoms with E-state index in [1.54, 1.807) is 0 Å². The molecule has 3 nitrogen and oxygen atoms in total. The van der Waals surface area contributed by atoms with Crippen molar-refractivity contribution in [1.82, 2.24) is 0 Å². The Kier molecular flexibility index (Phi) is 4.51. The zero-order valence-corrected chi connectivity index (χ0v) is 12.6. The zero-order valence-electron chi connectivity index (χ0n) is 11.8. The van der Waals surface area contributed by atoms with Crippen molar-refractivity contribution >= 4 is 29.1 Å². The molecule has 2 aromatic carbocycles. The summed E-state index contributed by atoms with van der Waals surface area (Å²) in [5.74, 6) is 0. The molecular formula is C16H21N2OP. The predicted molar refractivity (Wildman–Crippen MR) is 88.4 cm³/mol. The second-order valence-electron chi connectivity index (χ2n) is 5.01. The first-order valence-corrected chi connectivity index (χ1v) is 8.77. The minimum atomic E-state index is -2.65. The Morgan fingerprint density at radius 2 is 1.45 bits per heavy atom. The number of unbranched alkanes of at least 4 members (excludes halogenated alkanes) is 1. The molecule has 0 aromatic heterocycles. The molecule has 0 aliphatic rings. The van der Waals surface area contributed by atoms with Crippen molar-refractivity contribution in [3.8, 4) is 0 Å². The van der Waals surface area contributed by atoms with Gasteiger partial charge in [0.15, 0.2) is 0 Å². The van der Waals surface area contributed by atoms with E-state index in [4.69, 9.17) is 11.5 Å². The fourth-order valence-corrected chi connectivity index (χ4v) is 5.23. The van der Waals surface area contributed by atoms with E-state index in [9.17, 15) is 4.57 Å². The molecule has 0 spiro atoms. The maximum absolute atomic E-state index is 13.6. The molecule has 0 bridgehead atoms. The van der Waals surface area contributed by atoms with Gasteiger partial charge in [-0.15, -0.1) is 0 Å². The van der Waals surface area contributed by atoms with Crippen LogP contribution in [-0.4, -0.2) is 6.16 Å². The lowest BCUT2D eigenvalue weighted by molar-refractivity contribution is 0.585. The van der Waals surface area contributed by atoms with Gasteiger partial charge in [-0.2, -0.15) is 0 Å². The van der Waals surface area contributed by atoms with Crippen LogP contribution in [0, 0.1) is 0 Å². The van der Waals surface area contributed by atoms with E-state index in [0.717, 1.165) is 23.5 Å². The molecule has 2 aromatic rings. The van der Waals surface area contributed by atoms with Gasteiger partial charge in [0.05, 0.1) is 0 Å². The van der Waals surface area contributed by atoms with Gasteiger partial charge < -0.3 is 16.0 Å². The van der Waals surface area contributed by atoms with Gasteiger partial charge in [0.1, 0.15) is 7.14 Å². The largest absolute Gasteiger partial charge is 0.399 e. The number of nitrogens with two attached hydrogens (primary N) is 2. The summed E-state index contributed by atoms with van der Waals surface area (Å²) < 4.78 is 13.6. The van der Waals surface area contributed by atoms with Crippen molar-refractivity contribution in [3.63, 3.8) is 0 Å². The van der Waals surface area contributed by atoms with Crippen LogP contribution in [0.25, 0.3) is 0 Å². The summed E-state index contributed by atoms with van der Waals surface area (Å²) in [5.41, 5.74) is 13.0. The highest BCUT2D eigenvalue weighted by Crippen LogP contribution is 2.44. The SMILES string of the molecule is CCCCP(=O)(c1cccc(N)c1)c1cccc(N)c1. The second-order valence-corrected chi connectivity index (χ2v) is 7.97. The molecule has 20 heavy (non-hydrogen) atoms. The van der Waals surface area contributed by atoms with Gasteiger partial charge in [0, 0.05) is 28.1 Å². The highest BCUT2D eigenvalue weighted by Gasteiger charge is 2.26. The van der Waals surface area contributed by atoms with Crippen molar-refractivity contribution in [2.75, 3.05) is 17.6 Å². The quantitative estimate of drug-likeness (QED) is 0.656. The molecule has 0 aliphatic carbocycles. The van der Waals surface area contributed by atoms with Crippen molar-refractivity contribution in [1.29, 1.82) is 0 Å². The molecule has 0 aliphatic heterocycles. The lowest BCUT2D eigenvalue weighted by Gasteiger charge is -2.20.